The zero-order valence-electron chi connectivity index (χ0n) is 11.4. The molecule has 0 bridgehead atoms. The van der Waals surface area contributed by atoms with E-state index in [-0.39, 0.29) is 0 Å². The van der Waals surface area contributed by atoms with Gasteiger partial charge in [0.15, 0.2) is 0 Å². The molecule has 2 N–H and O–H groups in total. The Bertz CT molecular complexity index is 389. The lowest BCUT2D eigenvalue weighted by Gasteiger charge is -2.25. The van der Waals surface area contributed by atoms with Gasteiger partial charge in [0.1, 0.15) is 5.82 Å². The molecule has 4 nitrogen and oxygen atoms in total. The maximum Gasteiger partial charge on any atom is 0.128 e. The Kier molecular flexibility index (Phi) is 4.42. The van der Waals surface area contributed by atoms with Gasteiger partial charge in [-0.1, -0.05) is 0 Å². The van der Waals surface area contributed by atoms with E-state index in [1.165, 1.54) is 19.3 Å². The van der Waals surface area contributed by atoms with E-state index in [2.05, 4.69) is 23.0 Å². The topological polar surface area (TPSA) is 51.4 Å². The highest BCUT2D eigenvalue weighted by Crippen LogP contribution is 2.21. The summed E-state index contributed by atoms with van der Waals surface area (Å²) in [6.45, 7) is 4.91. The quantitative estimate of drug-likeness (QED) is 0.889. The van der Waals surface area contributed by atoms with Gasteiger partial charge < -0.3 is 15.4 Å². The Hall–Kier alpha value is -1.29. The fraction of sp³-hybridized carbons (Fsp3) is 0.643. The van der Waals surface area contributed by atoms with Crippen molar-refractivity contribution in [2.24, 2.45) is 5.92 Å². The number of nitrogen functional groups attached to an aromatic ring is 1. The third-order valence-corrected chi connectivity index (χ3v) is 3.74. The van der Waals surface area contributed by atoms with Gasteiger partial charge in [-0.15, -0.1) is 0 Å². The van der Waals surface area contributed by atoms with Crippen molar-refractivity contribution in [1.82, 2.24) is 4.98 Å². The van der Waals surface area contributed by atoms with E-state index in [1.807, 2.05) is 6.92 Å². The minimum atomic E-state index is 0.761. The van der Waals surface area contributed by atoms with Crippen molar-refractivity contribution < 1.29 is 4.74 Å². The van der Waals surface area contributed by atoms with Crippen LogP contribution in [0.4, 0.5) is 11.5 Å². The van der Waals surface area contributed by atoms with Gasteiger partial charge in [-0.3, -0.25) is 0 Å². The first-order valence-corrected chi connectivity index (χ1v) is 6.68. The maximum absolute atomic E-state index is 5.78. The van der Waals surface area contributed by atoms with Crippen LogP contribution in [0, 0.1) is 12.8 Å². The van der Waals surface area contributed by atoms with Gasteiger partial charge in [-0.05, 0) is 43.7 Å². The molecule has 1 aliphatic rings. The molecule has 0 aliphatic carbocycles. The van der Waals surface area contributed by atoms with Gasteiger partial charge >= 0.3 is 0 Å². The average molecular weight is 249 g/mol. The maximum atomic E-state index is 5.78. The molecule has 18 heavy (non-hydrogen) atoms. The number of nitrogens with zero attached hydrogens (tertiary/aromatic N) is 2. The molecule has 100 valence electrons. The first-order valence-electron chi connectivity index (χ1n) is 6.68. The van der Waals surface area contributed by atoms with Crippen LogP contribution < -0.4 is 10.6 Å². The highest BCUT2D eigenvalue weighted by atomic mass is 16.5. The molecule has 2 rings (SSSR count). The molecule has 0 unspecified atom stereocenters. The SMILES string of the molecule is Cc1cc(N(C)CCC2CCOCC2)ncc1N. The van der Waals surface area contributed by atoms with Crippen LogP contribution in [0.5, 0.6) is 0 Å². The first kappa shape index (κ1) is 13.1. The molecule has 4 heteroatoms. The van der Waals surface area contributed by atoms with Crippen LogP contribution in [0.25, 0.3) is 0 Å². The highest BCUT2D eigenvalue weighted by molar-refractivity contribution is 5.51. The predicted molar refractivity (Wildman–Crippen MR) is 74.8 cm³/mol. The molecule has 0 saturated carbocycles. The molecular weight excluding hydrogens is 226 g/mol. The summed E-state index contributed by atoms with van der Waals surface area (Å²) < 4.78 is 5.38. The van der Waals surface area contributed by atoms with E-state index in [4.69, 9.17) is 10.5 Å². The average Bonchev–Trinajstić information content (AvgIpc) is 2.40. The minimum Gasteiger partial charge on any atom is -0.397 e. The molecule has 0 atom stereocenters. The number of anilines is 2. The van der Waals surface area contributed by atoms with Crippen LogP contribution in [0.3, 0.4) is 0 Å². The largest absolute Gasteiger partial charge is 0.397 e. The van der Waals surface area contributed by atoms with Crippen LogP contribution in [0.2, 0.25) is 0 Å². The van der Waals surface area contributed by atoms with Crippen LogP contribution in [-0.2, 0) is 4.74 Å². The molecule has 1 aliphatic heterocycles. The second-order valence-corrected chi connectivity index (χ2v) is 5.17. The van der Waals surface area contributed by atoms with Crippen molar-refractivity contribution in [3.05, 3.63) is 17.8 Å². The van der Waals surface area contributed by atoms with E-state index in [0.29, 0.717) is 0 Å². The summed E-state index contributed by atoms with van der Waals surface area (Å²) in [4.78, 5) is 6.59. The molecule has 2 heterocycles. The Balaban J connectivity index is 1.86. The Morgan fingerprint density at radius 2 is 2.17 bits per heavy atom. The number of aryl methyl sites for hydroxylation is 1. The predicted octanol–water partition coefficient (Wildman–Crippen LogP) is 2.23. The van der Waals surface area contributed by atoms with E-state index >= 15 is 0 Å². The molecule has 1 saturated heterocycles. The second-order valence-electron chi connectivity index (χ2n) is 5.17. The Labute approximate surface area is 109 Å². The molecule has 1 fully saturated rings. The molecule has 1 aromatic heterocycles. The van der Waals surface area contributed by atoms with E-state index < -0.39 is 0 Å². The summed E-state index contributed by atoms with van der Waals surface area (Å²) in [5, 5.41) is 0. The summed E-state index contributed by atoms with van der Waals surface area (Å²) in [7, 11) is 2.09. The molecule has 0 aromatic carbocycles. The van der Waals surface area contributed by atoms with Gasteiger partial charge in [0.05, 0.1) is 11.9 Å². The molecule has 0 radical (unpaired) electrons. The summed E-state index contributed by atoms with van der Waals surface area (Å²) in [6, 6.07) is 2.05. The van der Waals surface area contributed by atoms with Crippen molar-refractivity contribution in [3.8, 4) is 0 Å². The second kappa shape index (κ2) is 6.05. The first-order chi connectivity index (χ1) is 8.66. The Morgan fingerprint density at radius 1 is 1.44 bits per heavy atom. The molecule has 1 aromatic rings. The van der Waals surface area contributed by atoms with Gasteiger partial charge in [0, 0.05) is 26.8 Å². The fourth-order valence-electron chi connectivity index (χ4n) is 2.29. The lowest BCUT2D eigenvalue weighted by atomic mass is 9.96. The van der Waals surface area contributed by atoms with Crippen molar-refractivity contribution in [2.75, 3.05) is 37.4 Å². The van der Waals surface area contributed by atoms with E-state index in [0.717, 1.165) is 42.7 Å². The van der Waals surface area contributed by atoms with Crippen LogP contribution >= 0.6 is 0 Å². The van der Waals surface area contributed by atoms with Gasteiger partial charge in [0.25, 0.3) is 0 Å². The van der Waals surface area contributed by atoms with Crippen molar-refractivity contribution in [1.29, 1.82) is 0 Å². The number of aromatic nitrogens is 1. The number of rotatable bonds is 4. The summed E-state index contributed by atoms with van der Waals surface area (Å²) in [6.07, 6.45) is 5.35. The number of hydrogen-bond acceptors (Lipinski definition) is 4. The van der Waals surface area contributed by atoms with Gasteiger partial charge in [0.2, 0.25) is 0 Å². The fourth-order valence-corrected chi connectivity index (χ4v) is 2.29. The number of ether oxygens (including phenoxy) is 1. The van der Waals surface area contributed by atoms with Crippen LogP contribution in [0.1, 0.15) is 24.8 Å². The minimum absolute atomic E-state index is 0.761. The summed E-state index contributed by atoms with van der Waals surface area (Å²) in [5.74, 6) is 1.81. The zero-order valence-corrected chi connectivity index (χ0v) is 11.4. The smallest absolute Gasteiger partial charge is 0.128 e. The van der Waals surface area contributed by atoms with Crippen LogP contribution in [0.15, 0.2) is 12.3 Å². The number of nitrogens with two attached hydrogens (primary N) is 1. The third kappa shape index (κ3) is 3.35. The number of pyridine rings is 1. The van der Waals surface area contributed by atoms with E-state index in [9.17, 15) is 0 Å². The Morgan fingerprint density at radius 3 is 2.83 bits per heavy atom. The van der Waals surface area contributed by atoms with Crippen molar-refractivity contribution >= 4 is 11.5 Å². The lowest BCUT2D eigenvalue weighted by molar-refractivity contribution is 0.0645. The highest BCUT2D eigenvalue weighted by Gasteiger charge is 2.14. The zero-order chi connectivity index (χ0) is 13.0. The number of hydrogen-bond donors (Lipinski definition) is 1. The van der Waals surface area contributed by atoms with Crippen molar-refractivity contribution in [3.63, 3.8) is 0 Å². The summed E-state index contributed by atoms with van der Waals surface area (Å²) in [5.41, 5.74) is 7.64. The van der Waals surface area contributed by atoms with Crippen molar-refractivity contribution in [2.45, 2.75) is 26.2 Å². The summed E-state index contributed by atoms with van der Waals surface area (Å²) >= 11 is 0. The van der Waals surface area contributed by atoms with Crippen LogP contribution in [-0.4, -0.2) is 31.8 Å². The molecule has 0 amide bonds. The normalized spacial score (nSPS) is 16.8. The molecular formula is C14H23N3O. The standard InChI is InChI=1S/C14H23N3O/c1-11-9-14(16-10-13(11)15)17(2)6-3-12-4-7-18-8-5-12/h9-10,12H,3-8,15H2,1-2H3. The van der Waals surface area contributed by atoms with Gasteiger partial charge in [-0.25, -0.2) is 4.98 Å². The van der Waals surface area contributed by atoms with Gasteiger partial charge in [-0.2, -0.15) is 0 Å². The monoisotopic (exact) mass is 249 g/mol. The molecule has 0 spiro atoms. The third-order valence-electron chi connectivity index (χ3n) is 3.74. The van der Waals surface area contributed by atoms with E-state index in [1.54, 1.807) is 6.20 Å². The lowest BCUT2D eigenvalue weighted by Crippen LogP contribution is -2.24.